The van der Waals surface area contributed by atoms with Crippen molar-refractivity contribution < 1.29 is 0 Å². The summed E-state index contributed by atoms with van der Waals surface area (Å²) in [6.07, 6.45) is 3.77. The fourth-order valence-corrected chi connectivity index (χ4v) is 2.29. The molecule has 0 fully saturated rings. The van der Waals surface area contributed by atoms with Crippen molar-refractivity contribution >= 4 is 11.5 Å². The van der Waals surface area contributed by atoms with Crippen LogP contribution in [0.25, 0.3) is 0 Å². The van der Waals surface area contributed by atoms with E-state index in [0.29, 0.717) is 0 Å². The highest BCUT2D eigenvalue weighted by Crippen LogP contribution is 2.25. The molecule has 0 spiro atoms. The first-order valence-corrected chi connectivity index (χ1v) is 7.07. The third-order valence-corrected chi connectivity index (χ3v) is 3.37. The van der Waals surface area contributed by atoms with E-state index in [1.54, 1.807) is 0 Å². The molecule has 2 heterocycles. The van der Waals surface area contributed by atoms with Gasteiger partial charge in [0.15, 0.2) is 0 Å². The van der Waals surface area contributed by atoms with Gasteiger partial charge in [-0.15, -0.1) is 0 Å². The van der Waals surface area contributed by atoms with E-state index in [9.17, 15) is 0 Å². The Kier molecular flexibility index (Phi) is 4.61. The molecule has 0 aromatic carbocycles. The smallest absolute Gasteiger partial charge is 0.150 e. The van der Waals surface area contributed by atoms with Crippen LogP contribution in [0.3, 0.4) is 0 Å². The van der Waals surface area contributed by atoms with Crippen LogP contribution in [0.4, 0.5) is 11.5 Å². The number of nitrogen functional groups attached to an aromatic ring is 1. The van der Waals surface area contributed by atoms with Gasteiger partial charge in [-0.05, 0) is 25.5 Å². The van der Waals surface area contributed by atoms with Gasteiger partial charge in [-0.1, -0.05) is 13.0 Å². The average molecular weight is 273 g/mol. The first-order valence-electron chi connectivity index (χ1n) is 7.07. The molecular weight excluding hydrogens is 250 g/mol. The molecule has 2 N–H and O–H groups in total. The van der Waals surface area contributed by atoms with Crippen LogP contribution >= 0.6 is 0 Å². The highest BCUT2D eigenvalue weighted by atomic mass is 15.4. The first kappa shape index (κ1) is 14.4. The fourth-order valence-electron chi connectivity index (χ4n) is 2.29. The topological polar surface area (TPSA) is 60.0 Å². The average Bonchev–Trinajstić information content (AvgIpc) is 2.73. The predicted molar refractivity (Wildman–Crippen MR) is 82.9 cm³/mol. The third-order valence-electron chi connectivity index (χ3n) is 3.37. The first-order chi connectivity index (χ1) is 9.63. The molecule has 5 heteroatoms. The molecule has 0 atom stereocenters. The molecule has 0 aliphatic rings. The number of aromatic nitrogens is 3. The van der Waals surface area contributed by atoms with Crippen molar-refractivity contribution in [1.82, 2.24) is 14.8 Å². The molecule has 0 unspecified atom stereocenters. The van der Waals surface area contributed by atoms with Crippen LogP contribution in [0.1, 0.15) is 24.7 Å². The maximum Gasteiger partial charge on any atom is 0.150 e. The standard InChI is InChI=1S/C15H23N5/c1-4-10-20-15(14(16)12(2)18-20)19(3)11-8-13-7-5-6-9-17-13/h5-7,9H,4,8,10-11,16H2,1-3H3. The van der Waals surface area contributed by atoms with E-state index >= 15 is 0 Å². The summed E-state index contributed by atoms with van der Waals surface area (Å²) in [7, 11) is 2.06. The molecule has 108 valence electrons. The van der Waals surface area contributed by atoms with E-state index in [1.807, 2.05) is 36.0 Å². The summed E-state index contributed by atoms with van der Waals surface area (Å²) in [6, 6.07) is 6.00. The maximum atomic E-state index is 6.16. The predicted octanol–water partition coefficient (Wildman–Crippen LogP) is 2.26. The number of rotatable bonds is 6. The van der Waals surface area contributed by atoms with Crippen molar-refractivity contribution in [3.8, 4) is 0 Å². The van der Waals surface area contributed by atoms with E-state index in [2.05, 4.69) is 29.0 Å². The quantitative estimate of drug-likeness (QED) is 0.877. The van der Waals surface area contributed by atoms with Crippen LogP contribution in [0.5, 0.6) is 0 Å². The van der Waals surface area contributed by atoms with Crippen molar-refractivity contribution in [2.24, 2.45) is 0 Å². The Morgan fingerprint density at radius 1 is 1.35 bits per heavy atom. The number of nitrogens with two attached hydrogens (primary N) is 1. The second-order valence-corrected chi connectivity index (χ2v) is 5.04. The fraction of sp³-hybridized carbons (Fsp3) is 0.467. The van der Waals surface area contributed by atoms with Crippen LogP contribution in [0, 0.1) is 6.92 Å². The molecule has 2 rings (SSSR count). The zero-order valence-corrected chi connectivity index (χ0v) is 12.5. The minimum Gasteiger partial charge on any atom is -0.394 e. The van der Waals surface area contributed by atoms with Crippen molar-refractivity contribution in [3.05, 3.63) is 35.8 Å². The Labute approximate surface area is 120 Å². The van der Waals surface area contributed by atoms with Gasteiger partial charge in [0.25, 0.3) is 0 Å². The lowest BCUT2D eigenvalue weighted by Gasteiger charge is -2.21. The number of hydrogen-bond donors (Lipinski definition) is 1. The van der Waals surface area contributed by atoms with Gasteiger partial charge in [-0.2, -0.15) is 5.10 Å². The van der Waals surface area contributed by atoms with Gasteiger partial charge in [-0.3, -0.25) is 4.98 Å². The number of hydrogen-bond acceptors (Lipinski definition) is 4. The summed E-state index contributed by atoms with van der Waals surface area (Å²) < 4.78 is 2.00. The summed E-state index contributed by atoms with van der Waals surface area (Å²) in [6.45, 7) is 5.86. The van der Waals surface area contributed by atoms with Crippen LogP contribution in [-0.2, 0) is 13.0 Å². The molecule has 2 aromatic heterocycles. The van der Waals surface area contributed by atoms with Crippen molar-refractivity contribution in [2.75, 3.05) is 24.2 Å². The lowest BCUT2D eigenvalue weighted by atomic mass is 10.2. The summed E-state index contributed by atoms with van der Waals surface area (Å²) in [5.41, 5.74) is 8.94. The van der Waals surface area contributed by atoms with E-state index in [1.165, 1.54) is 0 Å². The van der Waals surface area contributed by atoms with Crippen LogP contribution in [0.2, 0.25) is 0 Å². The Balaban J connectivity index is 2.10. The molecule has 0 bridgehead atoms. The van der Waals surface area contributed by atoms with Gasteiger partial charge in [0, 0.05) is 38.4 Å². The van der Waals surface area contributed by atoms with E-state index in [-0.39, 0.29) is 0 Å². The minimum absolute atomic E-state index is 0.780. The van der Waals surface area contributed by atoms with E-state index in [0.717, 1.165) is 48.8 Å². The molecular formula is C15H23N5. The molecule has 5 nitrogen and oxygen atoms in total. The largest absolute Gasteiger partial charge is 0.394 e. The van der Waals surface area contributed by atoms with Gasteiger partial charge in [0.05, 0.1) is 11.4 Å². The number of likely N-dealkylation sites (N-methyl/N-ethyl adjacent to an activating group) is 1. The van der Waals surface area contributed by atoms with Gasteiger partial charge >= 0.3 is 0 Å². The third kappa shape index (κ3) is 3.10. The Morgan fingerprint density at radius 3 is 2.80 bits per heavy atom. The monoisotopic (exact) mass is 273 g/mol. The number of pyridine rings is 1. The zero-order chi connectivity index (χ0) is 14.5. The van der Waals surface area contributed by atoms with Crippen molar-refractivity contribution in [2.45, 2.75) is 33.2 Å². The van der Waals surface area contributed by atoms with Crippen molar-refractivity contribution in [1.29, 1.82) is 0 Å². The van der Waals surface area contributed by atoms with E-state index < -0.39 is 0 Å². The minimum atomic E-state index is 0.780. The second-order valence-electron chi connectivity index (χ2n) is 5.04. The number of aryl methyl sites for hydroxylation is 2. The molecule has 2 aromatic rings. The summed E-state index contributed by atoms with van der Waals surface area (Å²) in [5.74, 6) is 1.01. The van der Waals surface area contributed by atoms with Crippen LogP contribution < -0.4 is 10.6 Å². The van der Waals surface area contributed by atoms with Crippen molar-refractivity contribution in [3.63, 3.8) is 0 Å². The number of anilines is 2. The summed E-state index contributed by atoms with van der Waals surface area (Å²) >= 11 is 0. The Hall–Kier alpha value is -2.04. The highest BCUT2D eigenvalue weighted by molar-refractivity contribution is 5.65. The molecule has 0 aliphatic heterocycles. The SMILES string of the molecule is CCCn1nc(C)c(N)c1N(C)CCc1ccccn1. The molecule has 0 saturated heterocycles. The summed E-state index contributed by atoms with van der Waals surface area (Å²) in [4.78, 5) is 6.52. The molecule has 0 amide bonds. The second kappa shape index (κ2) is 6.41. The lowest BCUT2D eigenvalue weighted by molar-refractivity contribution is 0.591. The maximum absolute atomic E-state index is 6.16. The van der Waals surface area contributed by atoms with Crippen LogP contribution in [-0.4, -0.2) is 28.4 Å². The normalized spacial score (nSPS) is 10.8. The highest BCUT2D eigenvalue weighted by Gasteiger charge is 2.15. The molecule has 20 heavy (non-hydrogen) atoms. The number of nitrogens with zero attached hydrogens (tertiary/aromatic N) is 4. The van der Waals surface area contributed by atoms with Gasteiger partial charge in [0.1, 0.15) is 5.82 Å². The Bertz CT molecular complexity index is 547. The van der Waals surface area contributed by atoms with Crippen LogP contribution in [0.15, 0.2) is 24.4 Å². The Morgan fingerprint density at radius 2 is 2.15 bits per heavy atom. The zero-order valence-electron chi connectivity index (χ0n) is 12.5. The molecule has 0 radical (unpaired) electrons. The molecule has 0 saturated carbocycles. The lowest BCUT2D eigenvalue weighted by Crippen LogP contribution is -2.24. The van der Waals surface area contributed by atoms with Gasteiger partial charge < -0.3 is 10.6 Å². The van der Waals surface area contributed by atoms with Gasteiger partial charge in [0.2, 0.25) is 0 Å². The molecule has 0 aliphatic carbocycles. The van der Waals surface area contributed by atoms with E-state index in [4.69, 9.17) is 5.73 Å². The summed E-state index contributed by atoms with van der Waals surface area (Å²) in [5, 5.41) is 4.51. The van der Waals surface area contributed by atoms with Gasteiger partial charge in [-0.25, -0.2) is 4.68 Å².